The van der Waals surface area contributed by atoms with Gasteiger partial charge in [0.1, 0.15) is 0 Å². The highest BCUT2D eigenvalue weighted by atomic mass is 16.2. The molecule has 0 spiro atoms. The van der Waals surface area contributed by atoms with Gasteiger partial charge in [-0.1, -0.05) is 73.9 Å². The van der Waals surface area contributed by atoms with Gasteiger partial charge in [-0.3, -0.25) is 19.4 Å². The number of anilines is 2. The van der Waals surface area contributed by atoms with E-state index >= 15 is 0 Å². The largest absolute Gasteiger partial charge is 0.344 e. The minimum atomic E-state index is -1.59. The first kappa shape index (κ1) is 26.8. The zero-order valence-corrected chi connectivity index (χ0v) is 22.7. The van der Waals surface area contributed by atoms with Crippen LogP contribution in [0.3, 0.4) is 0 Å². The Morgan fingerprint density at radius 1 is 0.800 bits per heavy atom. The maximum absolute atomic E-state index is 14.8. The maximum atomic E-state index is 14.8. The second-order valence-electron chi connectivity index (χ2n) is 10.0. The van der Waals surface area contributed by atoms with Crippen LogP contribution in [0, 0.1) is 12.3 Å². The summed E-state index contributed by atoms with van der Waals surface area (Å²) in [6, 6.07) is 28.1. The summed E-state index contributed by atoms with van der Waals surface area (Å²) in [7, 11) is 0. The number of unbranched alkanes of at least 4 members (excludes halogenated alkanes) is 1. The van der Waals surface area contributed by atoms with E-state index < -0.39 is 11.5 Å². The Morgan fingerprint density at radius 3 is 1.82 bits per heavy atom. The van der Waals surface area contributed by atoms with E-state index in [0.717, 1.165) is 12.0 Å². The number of para-hydroxylation sites is 2. The lowest BCUT2D eigenvalue weighted by atomic mass is 9.72. The molecule has 3 aromatic carbocycles. The highest BCUT2D eigenvalue weighted by Gasteiger charge is 2.63. The average molecular weight is 533 g/mol. The van der Waals surface area contributed by atoms with Gasteiger partial charge in [-0.2, -0.15) is 0 Å². The Balaban J connectivity index is 1.70. The van der Waals surface area contributed by atoms with Gasteiger partial charge in [-0.05, 0) is 67.4 Å². The SMILES string of the molecule is CCCCC1(C(NC(=O)c2ccc(C)cc2)c2ccncc2)C(=O)N(c2ccccc2)N(c2ccccc2)C1=O. The minimum Gasteiger partial charge on any atom is -0.344 e. The number of pyridine rings is 1. The van der Waals surface area contributed by atoms with Gasteiger partial charge in [-0.15, -0.1) is 0 Å². The van der Waals surface area contributed by atoms with Crippen molar-refractivity contribution in [2.24, 2.45) is 5.41 Å². The summed E-state index contributed by atoms with van der Waals surface area (Å²) < 4.78 is 0. The Morgan fingerprint density at radius 2 is 1.32 bits per heavy atom. The second kappa shape index (κ2) is 11.5. The number of benzene rings is 3. The number of hydrazine groups is 1. The van der Waals surface area contributed by atoms with Crippen molar-refractivity contribution >= 4 is 29.1 Å². The average Bonchev–Trinajstić information content (AvgIpc) is 3.22. The van der Waals surface area contributed by atoms with Crippen molar-refractivity contribution in [3.63, 3.8) is 0 Å². The van der Waals surface area contributed by atoms with Gasteiger partial charge in [0.2, 0.25) is 0 Å². The fourth-order valence-electron chi connectivity index (χ4n) is 5.28. The van der Waals surface area contributed by atoms with Crippen LogP contribution < -0.4 is 15.3 Å². The van der Waals surface area contributed by atoms with Gasteiger partial charge in [0.15, 0.2) is 5.41 Å². The number of aryl methyl sites for hydroxylation is 1. The van der Waals surface area contributed by atoms with Crippen LogP contribution >= 0.6 is 0 Å². The van der Waals surface area contributed by atoms with Gasteiger partial charge in [0.25, 0.3) is 17.7 Å². The van der Waals surface area contributed by atoms with Crippen molar-refractivity contribution in [1.29, 1.82) is 0 Å². The molecule has 4 aromatic rings. The van der Waals surface area contributed by atoms with Crippen LogP contribution in [-0.2, 0) is 9.59 Å². The number of hydrogen-bond acceptors (Lipinski definition) is 4. The zero-order chi connectivity index (χ0) is 28.1. The molecule has 1 atom stereocenters. The molecule has 0 radical (unpaired) electrons. The molecule has 0 saturated carbocycles. The Kier molecular flexibility index (Phi) is 7.73. The third-order valence-corrected chi connectivity index (χ3v) is 7.40. The first-order valence-corrected chi connectivity index (χ1v) is 13.5. The predicted octanol–water partition coefficient (Wildman–Crippen LogP) is 6.03. The number of aromatic nitrogens is 1. The highest BCUT2D eigenvalue weighted by Crippen LogP contribution is 2.49. The number of nitrogens with one attached hydrogen (secondary N) is 1. The van der Waals surface area contributed by atoms with Crippen molar-refractivity contribution in [3.05, 3.63) is 126 Å². The summed E-state index contributed by atoms with van der Waals surface area (Å²) in [5.74, 6) is -1.12. The van der Waals surface area contributed by atoms with E-state index in [-0.39, 0.29) is 24.1 Å². The molecular weight excluding hydrogens is 500 g/mol. The van der Waals surface area contributed by atoms with Crippen molar-refractivity contribution < 1.29 is 14.4 Å². The molecule has 1 aliphatic rings. The fraction of sp³-hybridized carbons (Fsp3) is 0.212. The molecular formula is C33H32N4O3. The maximum Gasteiger partial charge on any atom is 0.264 e. The van der Waals surface area contributed by atoms with Crippen molar-refractivity contribution in [3.8, 4) is 0 Å². The van der Waals surface area contributed by atoms with E-state index in [9.17, 15) is 14.4 Å². The molecule has 1 aliphatic heterocycles. The molecule has 1 N–H and O–H groups in total. The quantitative estimate of drug-likeness (QED) is 0.267. The highest BCUT2D eigenvalue weighted by molar-refractivity contribution is 6.27. The minimum absolute atomic E-state index is 0.259. The van der Waals surface area contributed by atoms with Crippen LogP contribution in [0.1, 0.15) is 53.7 Å². The van der Waals surface area contributed by atoms with E-state index in [0.29, 0.717) is 28.9 Å². The van der Waals surface area contributed by atoms with Gasteiger partial charge in [0, 0.05) is 18.0 Å². The van der Waals surface area contributed by atoms with E-state index in [2.05, 4.69) is 10.3 Å². The van der Waals surface area contributed by atoms with Crippen molar-refractivity contribution in [2.45, 2.75) is 39.2 Å². The topological polar surface area (TPSA) is 82.6 Å². The smallest absolute Gasteiger partial charge is 0.264 e. The van der Waals surface area contributed by atoms with Gasteiger partial charge < -0.3 is 5.32 Å². The summed E-state index contributed by atoms with van der Waals surface area (Å²) in [5, 5.41) is 6.02. The van der Waals surface area contributed by atoms with E-state index in [4.69, 9.17) is 0 Å². The monoisotopic (exact) mass is 532 g/mol. The molecule has 0 aliphatic carbocycles. The van der Waals surface area contributed by atoms with E-state index in [1.54, 1.807) is 36.7 Å². The summed E-state index contributed by atoms with van der Waals surface area (Å²) >= 11 is 0. The van der Waals surface area contributed by atoms with Crippen LogP contribution in [0.2, 0.25) is 0 Å². The molecule has 1 aromatic heterocycles. The molecule has 5 rings (SSSR count). The van der Waals surface area contributed by atoms with Crippen LogP contribution in [-0.4, -0.2) is 22.7 Å². The van der Waals surface area contributed by atoms with Crippen LogP contribution in [0.15, 0.2) is 109 Å². The zero-order valence-electron chi connectivity index (χ0n) is 22.7. The number of carbonyl (C=O) groups is 3. The molecule has 7 nitrogen and oxygen atoms in total. The lowest BCUT2D eigenvalue weighted by molar-refractivity contribution is -0.137. The number of hydrogen-bond donors (Lipinski definition) is 1. The summed E-state index contributed by atoms with van der Waals surface area (Å²) in [6.45, 7) is 3.97. The summed E-state index contributed by atoms with van der Waals surface area (Å²) in [5.41, 5.74) is 1.66. The molecule has 0 bridgehead atoms. The molecule has 1 unspecified atom stereocenters. The number of rotatable bonds is 9. The molecule has 2 heterocycles. The summed E-state index contributed by atoms with van der Waals surface area (Å²) in [4.78, 5) is 47.4. The number of amides is 3. The lowest BCUT2D eigenvalue weighted by Crippen LogP contribution is -2.49. The van der Waals surface area contributed by atoms with Gasteiger partial charge in [-0.25, -0.2) is 10.0 Å². The lowest BCUT2D eigenvalue weighted by Gasteiger charge is -2.34. The summed E-state index contributed by atoms with van der Waals surface area (Å²) in [6.07, 6.45) is 4.87. The first-order valence-electron chi connectivity index (χ1n) is 13.5. The van der Waals surface area contributed by atoms with Gasteiger partial charge >= 0.3 is 0 Å². The Labute approximate surface area is 234 Å². The standard InChI is InChI=1S/C33H32N4O3/c1-3-4-21-33(29(25-19-22-34-23-20-25)35-30(38)26-17-15-24(2)16-18-26)31(39)36(27-11-7-5-8-12-27)37(32(33)40)28-13-9-6-10-14-28/h5-20,22-23,29H,3-4,21H2,1-2H3,(H,35,38). The molecule has 1 fully saturated rings. The first-order chi connectivity index (χ1) is 19.5. The number of carbonyl (C=O) groups excluding carboxylic acids is 3. The molecule has 3 amide bonds. The molecule has 1 saturated heterocycles. The fourth-order valence-corrected chi connectivity index (χ4v) is 5.28. The third kappa shape index (κ3) is 4.86. The Hall–Kier alpha value is -4.78. The van der Waals surface area contributed by atoms with Crippen LogP contribution in [0.4, 0.5) is 11.4 Å². The molecule has 40 heavy (non-hydrogen) atoms. The molecule has 202 valence electrons. The normalized spacial score (nSPS) is 15.2. The van der Waals surface area contributed by atoms with E-state index in [1.807, 2.05) is 86.6 Å². The van der Waals surface area contributed by atoms with Crippen LogP contribution in [0.5, 0.6) is 0 Å². The Bertz CT molecular complexity index is 1420. The van der Waals surface area contributed by atoms with E-state index in [1.165, 1.54) is 10.0 Å². The molecule has 7 heteroatoms. The van der Waals surface area contributed by atoms with Gasteiger partial charge in [0.05, 0.1) is 17.4 Å². The predicted molar refractivity (Wildman–Crippen MR) is 155 cm³/mol. The number of nitrogens with zero attached hydrogens (tertiary/aromatic N) is 3. The van der Waals surface area contributed by atoms with Crippen molar-refractivity contribution in [1.82, 2.24) is 10.3 Å². The van der Waals surface area contributed by atoms with Crippen molar-refractivity contribution in [2.75, 3.05) is 10.0 Å². The third-order valence-electron chi connectivity index (χ3n) is 7.40. The second-order valence-corrected chi connectivity index (χ2v) is 10.0. The van der Waals surface area contributed by atoms with Crippen LogP contribution in [0.25, 0.3) is 0 Å².